The van der Waals surface area contributed by atoms with Crippen LogP contribution in [0.5, 0.6) is 0 Å². The van der Waals surface area contributed by atoms with Gasteiger partial charge >= 0.3 is 12.1 Å². The minimum absolute atomic E-state index is 0.0882. The number of carbonyl (C=O) groups excluding carboxylic acids is 3. The molecule has 0 saturated carbocycles. The second-order valence-corrected chi connectivity index (χ2v) is 9.76. The van der Waals surface area contributed by atoms with Crippen molar-refractivity contribution in [1.29, 1.82) is 0 Å². The van der Waals surface area contributed by atoms with Gasteiger partial charge in [-0.3, -0.25) is 14.6 Å². The molecule has 2 aromatic rings. The number of nitrogens with zero attached hydrogens (tertiary/aromatic N) is 3. The number of rotatable bonds is 5. The first kappa shape index (κ1) is 25.2. The minimum Gasteiger partial charge on any atom is -0.469 e. The van der Waals surface area contributed by atoms with Crippen molar-refractivity contribution in [2.75, 3.05) is 33.4 Å². The summed E-state index contributed by atoms with van der Waals surface area (Å²) in [7, 11) is 1.40. The van der Waals surface area contributed by atoms with E-state index >= 15 is 0 Å². The van der Waals surface area contributed by atoms with Crippen molar-refractivity contribution in [3.8, 4) is 0 Å². The Hall–Kier alpha value is -2.87. The quantitative estimate of drug-likeness (QED) is 0.569. The second kappa shape index (κ2) is 10.8. The first-order valence-corrected chi connectivity index (χ1v) is 12.6. The zero-order chi connectivity index (χ0) is 25.1. The van der Waals surface area contributed by atoms with Gasteiger partial charge < -0.3 is 19.3 Å². The van der Waals surface area contributed by atoms with Gasteiger partial charge in [0.05, 0.1) is 24.3 Å². The smallest absolute Gasteiger partial charge is 0.409 e. The number of aromatic nitrogens is 1. The van der Waals surface area contributed by atoms with E-state index in [0.29, 0.717) is 55.2 Å². The van der Waals surface area contributed by atoms with Crippen LogP contribution in [0, 0.1) is 5.92 Å². The number of hydrogen-bond acceptors (Lipinski definition) is 6. The summed E-state index contributed by atoms with van der Waals surface area (Å²) in [6.07, 6.45) is 3.09. The number of halogens is 1. The maximum Gasteiger partial charge on any atom is 0.409 e. The standard InChI is InChI=1S/C26H32ClN3O5/c1-4-11-35-26(33)29-9-10-30(16(2)15-29)25(32)18-6-7-19-22(14-18)28-21-8-5-17(13-23(31)34-3)12-20(21)24(19)27/h6-7,14,16-17H,4-5,8-13,15H2,1-3H3/t16-,17?/m1/s1. The molecule has 1 unspecified atom stereocenters. The summed E-state index contributed by atoms with van der Waals surface area (Å²) in [6.45, 7) is 5.61. The molecule has 35 heavy (non-hydrogen) atoms. The van der Waals surface area contributed by atoms with Crippen LogP contribution in [0.1, 0.15) is 54.7 Å². The Morgan fingerprint density at radius 2 is 2.03 bits per heavy atom. The van der Waals surface area contributed by atoms with Crippen LogP contribution in [-0.2, 0) is 27.1 Å². The van der Waals surface area contributed by atoms with Crippen LogP contribution in [-0.4, -0.2) is 72.1 Å². The van der Waals surface area contributed by atoms with Gasteiger partial charge in [-0.1, -0.05) is 24.6 Å². The van der Waals surface area contributed by atoms with Crippen molar-refractivity contribution < 1.29 is 23.9 Å². The molecule has 2 heterocycles. The molecule has 8 nitrogen and oxygen atoms in total. The SMILES string of the molecule is CCCOC(=O)N1CCN(C(=O)c2ccc3c(Cl)c4c(nc3c2)CCC(CC(=O)OC)C4)[C@H](C)C1. The minimum atomic E-state index is -0.325. The molecule has 9 heteroatoms. The van der Waals surface area contributed by atoms with Gasteiger partial charge in [0.2, 0.25) is 0 Å². The molecule has 0 spiro atoms. The third-order valence-corrected chi connectivity index (χ3v) is 7.32. The number of fused-ring (bicyclic) bond motifs is 2. The summed E-state index contributed by atoms with van der Waals surface area (Å²) in [5, 5.41) is 1.45. The number of carbonyl (C=O) groups is 3. The van der Waals surface area contributed by atoms with Crippen molar-refractivity contribution >= 4 is 40.5 Å². The van der Waals surface area contributed by atoms with E-state index in [0.717, 1.165) is 35.9 Å². The molecule has 2 amide bonds. The number of esters is 1. The maximum absolute atomic E-state index is 13.3. The topological polar surface area (TPSA) is 89.0 Å². The Morgan fingerprint density at radius 1 is 1.23 bits per heavy atom. The summed E-state index contributed by atoms with van der Waals surface area (Å²) in [5.41, 5.74) is 3.16. The van der Waals surface area contributed by atoms with E-state index in [9.17, 15) is 14.4 Å². The van der Waals surface area contributed by atoms with E-state index in [1.54, 1.807) is 21.9 Å². The fourth-order valence-corrected chi connectivity index (χ4v) is 5.30. The third-order valence-electron chi connectivity index (χ3n) is 6.89. The highest BCUT2D eigenvalue weighted by molar-refractivity contribution is 6.36. The predicted octanol–water partition coefficient (Wildman–Crippen LogP) is 4.25. The molecule has 4 rings (SSSR count). The van der Waals surface area contributed by atoms with Gasteiger partial charge in [0.15, 0.2) is 0 Å². The Kier molecular flexibility index (Phi) is 7.79. The van der Waals surface area contributed by atoms with E-state index in [1.807, 2.05) is 19.9 Å². The van der Waals surface area contributed by atoms with Gasteiger partial charge in [0, 0.05) is 48.7 Å². The summed E-state index contributed by atoms with van der Waals surface area (Å²) in [4.78, 5) is 45.5. The fourth-order valence-electron chi connectivity index (χ4n) is 4.96. The third kappa shape index (κ3) is 5.37. The molecule has 1 fully saturated rings. The second-order valence-electron chi connectivity index (χ2n) is 9.38. The Labute approximate surface area is 210 Å². The highest BCUT2D eigenvalue weighted by atomic mass is 35.5. The summed E-state index contributed by atoms with van der Waals surface area (Å²) < 4.78 is 10.1. The molecule has 2 aliphatic rings. The van der Waals surface area contributed by atoms with Crippen molar-refractivity contribution in [2.24, 2.45) is 5.92 Å². The fraction of sp³-hybridized carbons (Fsp3) is 0.538. The molecule has 1 aromatic heterocycles. The molecule has 0 N–H and O–H groups in total. The van der Waals surface area contributed by atoms with Gasteiger partial charge in [-0.25, -0.2) is 4.79 Å². The van der Waals surface area contributed by atoms with Crippen LogP contribution >= 0.6 is 11.6 Å². The van der Waals surface area contributed by atoms with Gasteiger partial charge in [-0.2, -0.15) is 0 Å². The molecule has 1 saturated heterocycles. The normalized spacial score (nSPS) is 19.9. The number of pyridine rings is 1. The van der Waals surface area contributed by atoms with E-state index in [2.05, 4.69) is 0 Å². The zero-order valence-corrected chi connectivity index (χ0v) is 21.3. The zero-order valence-electron chi connectivity index (χ0n) is 20.5. The average Bonchev–Trinajstić information content (AvgIpc) is 2.86. The molecule has 1 aromatic carbocycles. The maximum atomic E-state index is 13.3. The first-order valence-electron chi connectivity index (χ1n) is 12.2. The number of aryl methyl sites for hydroxylation is 1. The lowest BCUT2D eigenvalue weighted by Crippen LogP contribution is -2.55. The van der Waals surface area contributed by atoms with Crippen LogP contribution in [0.4, 0.5) is 4.79 Å². The first-order chi connectivity index (χ1) is 16.8. The predicted molar refractivity (Wildman–Crippen MR) is 133 cm³/mol. The van der Waals surface area contributed by atoms with Gasteiger partial charge in [-0.05, 0) is 56.2 Å². The van der Waals surface area contributed by atoms with Crippen molar-refractivity contribution in [2.45, 2.75) is 52.0 Å². The van der Waals surface area contributed by atoms with E-state index < -0.39 is 0 Å². The number of methoxy groups -OCH3 is 1. The number of amides is 2. The summed E-state index contributed by atoms with van der Waals surface area (Å²) >= 11 is 6.78. The molecule has 2 atom stereocenters. The summed E-state index contributed by atoms with van der Waals surface area (Å²) in [5.74, 6) is -0.110. The van der Waals surface area contributed by atoms with Crippen LogP contribution in [0.25, 0.3) is 10.9 Å². The number of ether oxygens (including phenoxy) is 2. The van der Waals surface area contributed by atoms with Crippen LogP contribution < -0.4 is 0 Å². The monoisotopic (exact) mass is 501 g/mol. The lowest BCUT2D eigenvalue weighted by atomic mass is 9.84. The van der Waals surface area contributed by atoms with Crippen molar-refractivity contribution in [1.82, 2.24) is 14.8 Å². The largest absolute Gasteiger partial charge is 0.469 e. The molecule has 0 bridgehead atoms. The lowest BCUT2D eigenvalue weighted by Gasteiger charge is -2.39. The molecule has 0 radical (unpaired) electrons. The van der Waals surface area contributed by atoms with E-state index in [-0.39, 0.29) is 29.9 Å². The average molecular weight is 502 g/mol. The molecule has 188 valence electrons. The molecular weight excluding hydrogens is 470 g/mol. The highest BCUT2D eigenvalue weighted by Crippen LogP contribution is 2.36. The van der Waals surface area contributed by atoms with Gasteiger partial charge in [-0.15, -0.1) is 0 Å². The summed E-state index contributed by atoms with van der Waals surface area (Å²) in [6, 6.07) is 5.31. The van der Waals surface area contributed by atoms with Crippen LogP contribution in [0.2, 0.25) is 5.02 Å². The molecule has 1 aliphatic heterocycles. The lowest BCUT2D eigenvalue weighted by molar-refractivity contribution is -0.141. The van der Waals surface area contributed by atoms with Gasteiger partial charge in [0.1, 0.15) is 0 Å². The number of benzene rings is 1. The number of hydrogen-bond donors (Lipinski definition) is 0. The van der Waals surface area contributed by atoms with E-state index in [4.69, 9.17) is 26.1 Å². The Balaban J connectivity index is 1.50. The van der Waals surface area contributed by atoms with Crippen molar-refractivity contribution in [3.63, 3.8) is 0 Å². The Morgan fingerprint density at radius 3 is 2.74 bits per heavy atom. The van der Waals surface area contributed by atoms with E-state index in [1.165, 1.54) is 7.11 Å². The number of piperazine rings is 1. The highest BCUT2D eigenvalue weighted by Gasteiger charge is 2.31. The molecular formula is C26H32ClN3O5. The van der Waals surface area contributed by atoms with Crippen LogP contribution in [0.3, 0.4) is 0 Å². The van der Waals surface area contributed by atoms with Gasteiger partial charge in [0.25, 0.3) is 5.91 Å². The molecule has 1 aliphatic carbocycles. The van der Waals surface area contributed by atoms with Crippen LogP contribution in [0.15, 0.2) is 18.2 Å². The van der Waals surface area contributed by atoms with Crippen molar-refractivity contribution in [3.05, 3.63) is 40.0 Å². The Bertz CT molecular complexity index is 1140.